The van der Waals surface area contributed by atoms with Gasteiger partial charge in [-0.15, -0.1) is 11.3 Å². The Morgan fingerprint density at radius 1 is 1.30 bits per heavy atom. The first-order valence-electron chi connectivity index (χ1n) is 7.84. The molecule has 3 aromatic rings. The van der Waals surface area contributed by atoms with Gasteiger partial charge >= 0.3 is 0 Å². The molecule has 7 nitrogen and oxygen atoms in total. The van der Waals surface area contributed by atoms with Crippen LogP contribution < -0.4 is 10.5 Å². The molecule has 0 aliphatic carbocycles. The number of aromatic nitrogens is 1. The van der Waals surface area contributed by atoms with E-state index in [9.17, 15) is 9.90 Å². The molecule has 0 saturated heterocycles. The Morgan fingerprint density at radius 2 is 2.04 bits per heavy atom. The van der Waals surface area contributed by atoms with E-state index in [1.165, 1.54) is 23.5 Å². The lowest BCUT2D eigenvalue weighted by Crippen LogP contribution is -2.13. The molecule has 0 aliphatic heterocycles. The highest BCUT2D eigenvalue weighted by atomic mass is 32.1. The van der Waals surface area contributed by atoms with E-state index in [1.54, 1.807) is 48.3 Å². The summed E-state index contributed by atoms with van der Waals surface area (Å²) in [7, 11) is 1.66. The van der Waals surface area contributed by atoms with Crippen LogP contribution in [0.3, 0.4) is 0 Å². The molecule has 8 heteroatoms. The van der Waals surface area contributed by atoms with Crippen LogP contribution in [0.25, 0.3) is 11.3 Å². The monoisotopic (exact) mass is 377 g/mol. The predicted molar refractivity (Wildman–Crippen MR) is 104 cm³/mol. The average molecular weight is 377 g/mol. The number of aromatic hydroxyl groups is 1. The van der Waals surface area contributed by atoms with Gasteiger partial charge in [0.25, 0.3) is 5.91 Å². The third-order valence-electron chi connectivity index (χ3n) is 3.80. The number of nitriles is 1. The molecule has 0 radical (unpaired) electrons. The van der Waals surface area contributed by atoms with Gasteiger partial charge in [-0.25, -0.2) is 4.68 Å². The normalized spacial score (nSPS) is 11.6. The molecule has 0 fully saturated rings. The smallest absolute Gasteiger partial charge is 0.252 e. The van der Waals surface area contributed by atoms with Gasteiger partial charge in [0.05, 0.1) is 29.1 Å². The highest BCUT2D eigenvalue weighted by Gasteiger charge is 2.13. The van der Waals surface area contributed by atoms with Crippen molar-refractivity contribution in [1.29, 1.82) is 5.26 Å². The van der Waals surface area contributed by atoms with Gasteiger partial charge in [-0.1, -0.05) is 12.1 Å². The fourth-order valence-corrected chi connectivity index (χ4v) is 3.23. The lowest BCUT2D eigenvalue weighted by molar-refractivity contribution is 0.0998. The molecule has 1 amide bonds. The first kappa shape index (κ1) is 18.1. The van der Waals surface area contributed by atoms with Crippen LogP contribution in [0, 0.1) is 11.3 Å². The van der Waals surface area contributed by atoms with Crippen molar-refractivity contribution in [2.45, 2.75) is 0 Å². The maximum atomic E-state index is 11.5. The summed E-state index contributed by atoms with van der Waals surface area (Å²) in [5, 5.41) is 25.0. The van der Waals surface area contributed by atoms with Crippen molar-refractivity contribution >= 4 is 23.5 Å². The highest BCUT2D eigenvalue weighted by molar-refractivity contribution is 7.07. The molecule has 1 heterocycles. The summed E-state index contributed by atoms with van der Waals surface area (Å²) in [6, 6.07) is 13.7. The van der Waals surface area contributed by atoms with Crippen molar-refractivity contribution in [2.24, 2.45) is 15.8 Å². The number of thiazole rings is 1. The maximum absolute atomic E-state index is 11.5. The van der Waals surface area contributed by atoms with Gasteiger partial charge in [0.15, 0.2) is 0 Å². The van der Waals surface area contributed by atoms with Crippen molar-refractivity contribution in [3.8, 4) is 23.1 Å². The number of rotatable bonds is 4. The highest BCUT2D eigenvalue weighted by Crippen LogP contribution is 2.26. The number of carbonyl (C=O) groups is 1. The minimum atomic E-state index is -0.711. The number of nitrogens with zero attached hydrogens (tertiary/aromatic N) is 4. The zero-order valence-electron chi connectivity index (χ0n) is 14.3. The van der Waals surface area contributed by atoms with Gasteiger partial charge in [0, 0.05) is 18.0 Å². The van der Waals surface area contributed by atoms with Crippen LogP contribution >= 0.6 is 11.3 Å². The zero-order valence-corrected chi connectivity index (χ0v) is 15.1. The summed E-state index contributed by atoms with van der Waals surface area (Å²) in [5.74, 6) is -0.882. The lowest BCUT2D eigenvalue weighted by Gasteiger charge is -2.06. The standard InChI is InChI=1S/C19H15N5O2S/c1-22-19-24(23-10-13-4-2-12(9-20)3-5-13)16(11-27-19)14-6-7-17(25)15(8-14)18(21)26/h2-8,10-11,25H,1H3,(H2,21,26)/b22-19?,23-10+. The van der Waals surface area contributed by atoms with Crippen LogP contribution in [0.5, 0.6) is 5.75 Å². The molecule has 0 aliphatic rings. The molecule has 2 aromatic carbocycles. The summed E-state index contributed by atoms with van der Waals surface area (Å²) in [5.41, 5.74) is 8.12. The van der Waals surface area contributed by atoms with Gasteiger partial charge in [-0.2, -0.15) is 10.4 Å². The molecule has 134 valence electrons. The second-order valence-corrected chi connectivity index (χ2v) is 6.35. The molecular weight excluding hydrogens is 362 g/mol. The van der Waals surface area contributed by atoms with Gasteiger partial charge in [-0.3, -0.25) is 9.79 Å². The van der Waals surface area contributed by atoms with Crippen molar-refractivity contribution in [3.05, 3.63) is 69.3 Å². The van der Waals surface area contributed by atoms with Gasteiger partial charge in [-0.05, 0) is 35.9 Å². The van der Waals surface area contributed by atoms with Crippen LogP contribution in [0.1, 0.15) is 21.5 Å². The average Bonchev–Trinajstić information content (AvgIpc) is 3.09. The van der Waals surface area contributed by atoms with Crippen LogP contribution in [-0.4, -0.2) is 29.0 Å². The molecule has 3 N–H and O–H groups in total. The quantitative estimate of drug-likeness (QED) is 0.679. The van der Waals surface area contributed by atoms with Crippen molar-refractivity contribution < 1.29 is 9.90 Å². The van der Waals surface area contributed by atoms with Gasteiger partial charge in [0.1, 0.15) is 5.75 Å². The predicted octanol–water partition coefficient (Wildman–Crippen LogP) is 2.31. The Balaban J connectivity index is 2.06. The first-order chi connectivity index (χ1) is 13.0. The van der Waals surface area contributed by atoms with Crippen molar-refractivity contribution in [3.63, 3.8) is 0 Å². The van der Waals surface area contributed by atoms with E-state index < -0.39 is 5.91 Å². The van der Waals surface area contributed by atoms with Gasteiger partial charge < -0.3 is 10.8 Å². The molecule has 27 heavy (non-hydrogen) atoms. The zero-order chi connectivity index (χ0) is 19.4. The first-order valence-corrected chi connectivity index (χ1v) is 8.72. The molecule has 1 aromatic heterocycles. The van der Waals surface area contributed by atoms with E-state index in [-0.39, 0.29) is 11.3 Å². The van der Waals surface area contributed by atoms with Crippen molar-refractivity contribution in [2.75, 3.05) is 7.05 Å². The Kier molecular flexibility index (Phi) is 5.15. The number of nitrogens with two attached hydrogens (primary N) is 1. The molecule has 0 atom stereocenters. The second-order valence-electron chi connectivity index (χ2n) is 5.51. The number of hydrogen-bond acceptors (Lipinski definition) is 6. The Labute approximate surface area is 159 Å². The minimum Gasteiger partial charge on any atom is -0.507 e. The molecule has 0 unspecified atom stereocenters. The SMILES string of the molecule is CN=c1scc(-c2ccc(O)c(C(N)=O)c2)n1/N=C/c1ccc(C#N)cc1. The second kappa shape index (κ2) is 7.68. The summed E-state index contributed by atoms with van der Waals surface area (Å²) in [4.78, 5) is 16.4. The number of phenols is 1. The topological polar surface area (TPSA) is 117 Å². The van der Waals surface area contributed by atoms with Crippen LogP contribution in [-0.2, 0) is 0 Å². The lowest BCUT2D eigenvalue weighted by atomic mass is 10.1. The number of primary amides is 1. The van der Waals surface area contributed by atoms with E-state index in [4.69, 9.17) is 11.0 Å². The number of carbonyl (C=O) groups excluding carboxylic acids is 1. The van der Waals surface area contributed by atoms with E-state index in [0.717, 1.165) is 5.56 Å². The summed E-state index contributed by atoms with van der Waals surface area (Å²) in [6.45, 7) is 0. The van der Waals surface area contributed by atoms with Crippen LogP contribution in [0.15, 0.2) is 57.9 Å². The summed E-state index contributed by atoms with van der Waals surface area (Å²) >= 11 is 1.39. The molecule has 0 spiro atoms. The van der Waals surface area contributed by atoms with E-state index in [0.29, 0.717) is 21.6 Å². The number of benzene rings is 2. The number of amides is 1. The summed E-state index contributed by atoms with van der Waals surface area (Å²) in [6.07, 6.45) is 1.65. The molecule has 0 bridgehead atoms. The summed E-state index contributed by atoms with van der Waals surface area (Å²) < 4.78 is 1.64. The minimum absolute atomic E-state index is 0.0382. The number of hydrogen-bond donors (Lipinski definition) is 2. The fourth-order valence-electron chi connectivity index (χ4n) is 2.42. The van der Waals surface area contributed by atoms with Gasteiger partial charge in [0.2, 0.25) is 4.80 Å². The Bertz CT molecular complexity index is 1130. The Hall–Kier alpha value is -3.70. The molecule has 3 rings (SSSR count). The third-order valence-corrected chi connectivity index (χ3v) is 4.70. The fraction of sp³-hybridized carbons (Fsp3) is 0.0526. The third kappa shape index (κ3) is 3.78. The molecule has 0 saturated carbocycles. The van der Waals surface area contributed by atoms with Crippen molar-refractivity contribution in [1.82, 2.24) is 4.68 Å². The maximum Gasteiger partial charge on any atom is 0.252 e. The van der Waals surface area contributed by atoms with Crippen LogP contribution in [0.4, 0.5) is 0 Å². The van der Waals surface area contributed by atoms with E-state index in [1.807, 2.05) is 5.38 Å². The van der Waals surface area contributed by atoms with E-state index in [2.05, 4.69) is 16.2 Å². The van der Waals surface area contributed by atoms with Crippen LogP contribution in [0.2, 0.25) is 0 Å². The molecular formula is C19H15N5O2S. The largest absolute Gasteiger partial charge is 0.507 e. The Morgan fingerprint density at radius 3 is 2.67 bits per heavy atom. The van der Waals surface area contributed by atoms with E-state index >= 15 is 0 Å².